The smallest absolute Gasteiger partial charge is 0.230 e. The van der Waals surface area contributed by atoms with Gasteiger partial charge in [-0.25, -0.2) is 0 Å². The van der Waals surface area contributed by atoms with Gasteiger partial charge in [-0.3, -0.25) is 4.79 Å². The standard InChI is InChI=1S/C21H28N4O2S/c1-2-25-20(17-10-9-15-6-3-4-7-16(15)12-17)23-24-21(25)28-14-19(26)22-13-18-8-5-11-27-18/h9-10,12,18H,2-8,11,13-14H2,1H3,(H,22,26)/t18-/m1/s1. The molecule has 0 saturated carbocycles. The third kappa shape index (κ3) is 4.41. The van der Waals surface area contributed by atoms with E-state index in [4.69, 9.17) is 4.74 Å². The van der Waals surface area contributed by atoms with Crippen LogP contribution < -0.4 is 5.32 Å². The average molecular weight is 401 g/mol. The Balaban J connectivity index is 1.40. The van der Waals surface area contributed by atoms with Crippen LogP contribution in [-0.4, -0.2) is 45.7 Å². The number of hydrogen-bond acceptors (Lipinski definition) is 5. The minimum atomic E-state index is 0.0153. The van der Waals surface area contributed by atoms with Crippen LogP contribution in [0.5, 0.6) is 0 Å². The van der Waals surface area contributed by atoms with E-state index in [2.05, 4.69) is 45.2 Å². The molecule has 4 rings (SSSR count). The van der Waals surface area contributed by atoms with Crippen LogP contribution in [0.4, 0.5) is 0 Å². The molecule has 1 aromatic heterocycles. The van der Waals surface area contributed by atoms with Gasteiger partial charge in [0.2, 0.25) is 5.91 Å². The van der Waals surface area contributed by atoms with E-state index in [0.29, 0.717) is 12.3 Å². The summed E-state index contributed by atoms with van der Waals surface area (Å²) in [5.74, 6) is 1.24. The molecule has 1 aliphatic carbocycles. The minimum Gasteiger partial charge on any atom is -0.376 e. The van der Waals surface area contributed by atoms with E-state index >= 15 is 0 Å². The maximum atomic E-state index is 12.2. The second kappa shape index (κ2) is 9.09. The molecule has 2 aliphatic rings. The van der Waals surface area contributed by atoms with E-state index in [9.17, 15) is 4.79 Å². The van der Waals surface area contributed by atoms with Gasteiger partial charge in [0.15, 0.2) is 11.0 Å². The topological polar surface area (TPSA) is 69.0 Å². The van der Waals surface area contributed by atoms with Gasteiger partial charge in [-0.15, -0.1) is 10.2 Å². The van der Waals surface area contributed by atoms with Crippen LogP contribution in [0.3, 0.4) is 0 Å². The van der Waals surface area contributed by atoms with Gasteiger partial charge in [-0.2, -0.15) is 0 Å². The van der Waals surface area contributed by atoms with E-state index in [-0.39, 0.29) is 12.0 Å². The van der Waals surface area contributed by atoms with Crippen LogP contribution in [0.25, 0.3) is 11.4 Å². The molecule has 0 unspecified atom stereocenters. The fourth-order valence-corrected chi connectivity index (χ4v) is 4.81. The van der Waals surface area contributed by atoms with Gasteiger partial charge in [-0.05, 0) is 62.6 Å². The summed E-state index contributed by atoms with van der Waals surface area (Å²) in [5.41, 5.74) is 4.02. The van der Waals surface area contributed by atoms with Crippen molar-refractivity contribution in [2.75, 3.05) is 18.9 Å². The van der Waals surface area contributed by atoms with Crippen molar-refractivity contribution in [3.63, 3.8) is 0 Å². The van der Waals surface area contributed by atoms with Crippen molar-refractivity contribution in [2.45, 2.75) is 63.3 Å². The Bertz CT molecular complexity index is 830. The number of thioether (sulfide) groups is 1. The van der Waals surface area contributed by atoms with Crippen LogP contribution in [-0.2, 0) is 28.9 Å². The van der Waals surface area contributed by atoms with Crippen molar-refractivity contribution >= 4 is 17.7 Å². The van der Waals surface area contributed by atoms with E-state index in [1.165, 1.54) is 42.2 Å². The molecule has 2 heterocycles. The summed E-state index contributed by atoms with van der Waals surface area (Å²) >= 11 is 1.44. The zero-order valence-corrected chi connectivity index (χ0v) is 17.3. The molecule has 28 heavy (non-hydrogen) atoms. The first-order valence-electron chi connectivity index (χ1n) is 10.3. The monoisotopic (exact) mass is 400 g/mol. The quantitative estimate of drug-likeness (QED) is 0.723. The average Bonchev–Trinajstić information content (AvgIpc) is 3.39. The zero-order valence-electron chi connectivity index (χ0n) is 16.4. The Morgan fingerprint density at radius 1 is 1.25 bits per heavy atom. The Morgan fingerprint density at radius 3 is 2.89 bits per heavy atom. The first-order chi connectivity index (χ1) is 13.7. The largest absolute Gasteiger partial charge is 0.376 e. The molecule has 1 amide bonds. The summed E-state index contributed by atoms with van der Waals surface area (Å²) in [5, 5.41) is 12.5. The van der Waals surface area contributed by atoms with Crippen LogP contribution in [0.1, 0.15) is 43.7 Å². The van der Waals surface area contributed by atoms with Crippen molar-refractivity contribution < 1.29 is 9.53 Å². The summed E-state index contributed by atoms with van der Waals surface area (Å²) in [4.78, 5) is 12.2. The van der Waals surface area contributed by atoms with Gasteiger partial charge in [0.05, 0.1) is 11.9 Å². The predicted octanol–water partition coefficient (Wildman–Crippen LogP) is 3.23. The molecule has 1 aliphatic heterocycles. The molecule has 1 N–H and O–H groups in total. The molecule has 150 valence electrons. The van der Waals surface area contributed by atoms with Gasteiger partial charge >= 0.3 is 0 Å². The highest BCUT2D eigenvalue weighted by atomic mass is 32.2. The second-order valence-corrected chi connectivity index (χ2v) is 8.41. The Hall–Kier alpha value is -1.86. The molecular weight excluding hydrogens is 372 g/mol. The Labute approximate surface area is 170 Å². The number of nitrogens with zero attached hydrogens (tertiary/aromatic N) is 3. The Morgan fingerprint density at radius 2 is 2.11 bits per heavy atom. The number of ether oxygens (including phenoxy) is 1. The molecule has 0 radical (unpaired) electrons. The molecule has 1 saturated heterocycles. The van der Waals surface area contributed by atoms with Crippen LogP contribution in [0, 0.1) is 0 Å². The fourth-order valence-electron chi connectivity index (χ4n) is 3.98. The lowest BCUT2D eigenvalue weighted by Gasteiger charge is -2.16. The van der Waals surface area contributed by atoms with Crippen molar-refractivity contribution in [1.82, 2.24) is 20.1 Å². The summed E-state index contributed by atoms with van der Waals surface area (Å²) in [6.45, 7) is 4.27. The number of hydrogen-bond donors (Lipinski definition) is 1. The molecule has 2 aromatic rings. The molecule has 1 atom stereocenters. The number of nitrogens with one attached hydrogen (secondary N) is 1. The van der Waals surface area contributed by atoms with Gasteiger partial charge in [0.1, 0.15) is 0 Å². The van der Waals surface area contributed by atoms with Crippen LogP contribution in [0.2, 0.25) is 0 Å². The van der Waals surface area contributed by atoms with Crippen molar-refractivity contribution in [1.29, 1.82) is 0 Å². The van der Waals surface area contributed by atoms with E-state index in [1.54, 1.807) is 0 Å². The Kier molecular flexibility index (Phi) is 6.32. The lowest BCUT2D eigenvalue weighted by molar-refractivity contribution is -0.119. The fraction of sp³-hybridized carbons (Fsp3) is 0.571. The highest BCUT2D eigenvalue weighted by Gasteiger charge is 2.18. The normalized spacial score (nSPS) is 18.8. The number of amides is 1. The van der Waals surface area contributed by atoms with Crippen molar-refractivity contribution in [2.24, 2.45) is 0 Å². The summed E-state index contributed by atoms with van der Waals surface area (Å²) in [6.07, 6.45) is 7.16. The molecular formula is C21H28N4O2S. The molecule has 7 heteroatoms. The van der Waals surface area contributed by atoms with Gasteiger partial charge in [0, 0.05) is 25.3 Å². The SMILES string of the molecule is CCn1c(SCC(=O)NC[C@H]2CCCO2)nnc1-c1ccc2c(c1)CCCC2. The van der Waals surface area contributed by atoms with Crippen LogP contribution in [0.15, 0.2) is 23.4 Å². The van der Waals surface area contributed by atoms with Crippen molar-refractivity contribution in [3.05, 3.63) is 29.3 Å². The zero-order chi connectivity index (χ0) is 19.3. The molecule has 1 fully saturated rings. The minimum absolute atomic E-state index is 0.0153. The molecule has 6 nitrogen and oxygen atoms in total. The van der Waals surface area contributed by atoms with E-state index in [0.717, 1.165) is 49.0 Å². The third-order valence-corrected chi connectivity index (χ3v) is 6.49. The number of carbonyl (C=O) groups is 1. The van der Waals surface area contributed by atoms with E-state index in [1.807, 2.05) is 0 Å². The highest BCUT2D eigenvalue weighted by Crippen LogP contribution is 2.28. The number of fused-ring (bicyclic) bond motifs is 1. The van der Waals surface area contributed by atoms with Gasteiger partial charge < -0.3 is 14.6 Å². The maximum Gasteiger partial charge on any atom is 0.230 e. The van der Waals surface area contributed by atoms with E-state index < -0.39 is 0 Å². The number of benzene rings is 1. The molecule has 0 spiro atoms. The third-order valence-electron chi connectivity index (χ3n) is 5.52. The number of carbonyl (C=O) groups excluding carboxylic acids is 1. The lowest BCUT2D eigenvalue weighted by atomic mass is 9.90. The highest BCUT2D eigenvalue weighted by molar-refractivity contribution is 7.99. The predicted molar refractivity (Wildman–Crippen MR) is 110 cm³/mol. The number of aromatic nitrogens is 3. The first kappa shape index (κ1) is 19.5. The molecule has 1 aromatic carbocycles. The number of rotatable bonds is 7. The maximum absolute atomic E-state index is 12.2. The van der Waals surface area contributed by atoms with Gasteiger partial charge in [0.25, 0.3) is 0 Å². The summed E-state index contributed by atoms with van der Waals surface area (Å²) < 4.78 is 7.65. The van der Waals surface area contributed by atoms with Crippen LogP contribution >= 0.6 is 11.8 Å². The first-order valence-corrected chi connectivity index (χ1v) is 11.3. The summed E-state index contributed by atoms with van der Waals surface area (Å²) in [7, 11) is 0. The van der Waals surface area contributed by atoms with Crippen molar-refractivity contribution in [3.8, 4) is 11.4 Å². The summed E-state index contributed by atoms with van der Waals surface area (Å²) in [6, 6.07) is 6.67. The molecule has 0 bridgehead atoms. The lowest BCUT2D eigenvalue weighted by Crippen LogP contribution is -2.32. The number of aryl methyl sites for hydroxylation is 2. The van der Waals surface area contributed by atoms with Gasteiger partial charge in [-0.1, -0.05) is 23.9 Å². The second-order valence-electron chi connectivity index (χ2n) is 7.47.